The number of hydrogen-bond acceptors (Lipinski definition) is 4. The fourth-order valence-electron chi connectivity index (χ4n) is 1.14. The van der Waals surface area contributed by atoms with E-state index >= 15 is 0 Å². The van der Waals surface area contributed by atoms with Crippen LogP contribution < -0.4 is 0 Å². The summed E-state index contributed by atoms with van der Waals surface area (Å²) in [6.45, 7) is 3.59. The molecular weight excluding hydrogens is 184 g/mol. The number of aryl methyl sites for hydroxylation is 2. The summed E-state index contributed by atoms with van der Waals surface area (Å²) in [6, 6.07) is 0. The first-order valence-corrected chi connectivity index (χ1v) is 4.01. The predicted molar refractivity (Wildman–Crippen MR) is 47.2 cm³/mol. The van der Waals surface area contributed by atoms with Crippen LogP contribution in [0.15, 0.2) is 6.33 Å². The van der Waals surface area contributed by atoms with E-state index in [4.69, 9.17) is 5.11 Å². The lowest BCUT2D eigenvalue weighted by Gasteiger charge is -1.98. The summed E-state index contributed by atoms with van der Waals surface area (Å²) < 4.78 is 1.37. The molecule has 0 saturated carbocycles. The zero-order valence-corrected chi connectivity index (χ0v) is 7.72. The minimum absolute atomic E-state index is 0.0689. The molecule has 0 aliphatic rings. The number of hydrogen-bond donors (Lipinski definition) is 1. The van der Waals surface area contributed by atoms with Gasteiger partial charge in [-0.05, 0) is 13.8 Å². The molecule has 0 bridgehead atoms. The minimum atomic E-state index is -1.09. The van der Waals surface area contributed by atoms with Crippen LogP contribution in [0.5, 0.6) is 0 Å². The Kier molecular flexibility index (Phi) is 1.70. The van der Waals surface area contributed by atoms with Gasteiger partial charge in [-0.25, -0.2) is 19.3 Å². The number of nitrogens with zero attached hydrogens (tertiary/aromatic N) is 4. The molecule has 0 aliphatic heterocycles. The van der Waals surface area contributed by atoms with E-state index in [1.807, 2.05) is 6.92 Å². The molecule has 0 amide bonds. The first kappa shape index (κ1) is 8.61. The molecule has 2 rings (SSSR count). The second-order valence-electron chi connectivity index (χ2n) is 2.95. The van der Waals surface area contributed by atoms with Crippen molar-refractivity contribution >= 4 is 11.6 Å². The Morgan fingerprint density at radius 1 is 1.43 bits per heavy atom. The van der Waals surface area contributed by atoms with Crippen molar-refractivity contribution in [2.45, 2.75) is 13.8 Å². The summed E-state index contributed by atoms with van der Waals surface area (Å²) in [6.07, 6.45) is 1.35. The number of aromatic nitrogens is 4. The average molecular weight is 192 g/mol. The molecule has 0 unspecified atom stereocenters. The smallest absolute Gasteiger partial charge is 0.358 e. The number of fused-ring (bicyclic) bond motifs is 1. The van der Waals surface area contributed by atoms with Crippen LogP contribution in [0.25, 0.3) is 5.65 Å². The summed E-state index contributed by atoms with van der Waals surface area (Å²) in [5, 5.41) is 12.9. The van der Waals surface area contributed by atoms with E-state index in [1.165, 1.54) is 10.8 Å². The van der Waals surface area contributed by atoms with Gasteiger partial charge in [-0.15, -0.1) is 0 Å². The van der Waals surface area contributed by atoms with Gasteiger partial charge in [0.05, 0.1) is 11.4 Å². The molecule has 2 aromatic heterocycles. The molecule has 14 heavy (non-hydrogen) atoms. The van der Waals surface area contributed by atoms with E-state index in [1.54, 1.807) is 6.92 Å². The third-order valence-corrected chi connectivity index (χ3v) is 1.98. The fraction of sp³-hybridized carbons (Fsp3) is 0.250. The second kappa shape index (κ2) is 2.76. The van der Waals surface area contributed by atoms with Crippen LogP contribution in [0.2, 0.25) is 0 Å². The topological polar surface area (TPSA) is 80.4 Å². The van der Waals surface area contributed by atoms with Crippen LogP contribution in [0.4, 0.5) is 0 Å². The van der Waals surface area contributed by atoms with E-state index in [0.29, 0.717) is 5.69 Å². The molecule has 0 saturated heterocycles. The van der Waals surface area contributed by atoms with Crippen LogP contribution in [0.3, 0.4) is 0 Å². The molecule has 0 atom stereocenters. The van der Waals surface area contributed by atoms with E-state index < -0.39 is 5.97 Å². The molecular formula is C8H8N4O2. The molecule has 2 heterocycles. The first-order chi connectivity index (χ1) is 6.59. The maximum atomic E-state index is 10.7. The van der Waals surface area contributed by atoms with Crippen LogP contribution in [0.1, 0.15) is 21.9 Å². The SMILES string of the molecule is Cc1nc2c(C(=O)O)ncn2nc1C. The summed E-state index contributed by atoms with van der Waals surface area (Å²) >= 11 is 0. The molecule has 1 N–H and O–H groups in total. The van der Waals surface area contributed by atoms with Crippen molar-refractivity contribution in [2.75, 3.05) is 0 Å². The van der Waals surface area contributed by atoms with Gasteiger partial charge in [0.1, 0.15) is 6.33 Å². The van der Waals surface area contributed by atoms with E-state index in [-0.39, 0.29) is 11.3 Å². The number of carboxylic acid groups (broad SMARTS) is 1. The van der Waals surface area contributed by atoms with Crippen LogP contribution in [0, 0.1) is 13.8 Å². The van der Waals surface area contributed by atoms with Gasteiger partial charge < -0.3 is 5.11 Å². The zero-order chi connectivity index (χ0) is 10.3. The molecule has 6 nitrogen and oxygen atoms in total. The first-order valence-electron chi connectivity index (χ1n) is 4.01. The van der Waals surface area contributed by atoms with E-state index in [2.05, 4.69) is 15.1 Å². The van der Waals surface area contributed by atoms with Gasteiger partial charge in [0.2, 0.25) is 0 Å². The number of carboxylic acids is 1. The van der Waals surface area contributed by atoms with Crippen LogP contribution in [-0.2, 0) is 0 Å². The van der Waals surface area contributed by atoms with Crippen molar-refractivity contribution in [3.63, 3.8) is 0 Å². The van der Waals surface area contributed by atoms with Crippen molar-refractivity contribution in [3.05, 3.63) is 23.4 Å². The highest BCUT2D eigenvalue weighted by Gasteiger charge is 2.14. The standard InChI is InChI=1S/C8H8N4O2/c1-4-5(2)11-12-3-9-6(8(13)14)7(12)10-4/h3H,1-2H3,(H,13,14). The summed E-state index contributed by atoms with van der Waals surface area (Å²) in [7, 11) is 0. The molecule has 0 fully saturated rings. The van der Waals surface area contributed by atoms with Gasteiger partial charge in [0, 0.05) is 0 Å². The van der Waals surface area contributed by atoms with Crippen molar-refractivity contribution in [3.8, 4) is 0 Å². The van der Waals surface area contributed by atoms with Gasteiger partial charge in [-0.2, -0.15) is 5.10 Å². The minimum Gasteiger partial charge on any atom is -0.476 e. The Morgan fingerprint density at radius 3 is 2.79 bits per heavy atom. The molecule has 2 aromatic rings. The highest BCUT2D eigenvalue weighted by atomic mass is 16.4. The number of imidazole rings is 1. The van der Waals surface area contributed by atoms with Gasteiger partial charge in [-0.1, -0.05) is 0 Å². The highest BCUT2D eigenvalue weighted by Crippen LogP contribution is 2.07. The number of carbonyl (C=O) groups is 1. The highest BCUT2D eigenvalue weighted by molar-refractivity contribution is 5.92. The normalized spacial score (nSPS) is 10.7. The molecule has 0 spiro atoms. The number of aromatic carboxylic acids is 1. The predicted octanol–water partition coefficient (Wildman–Crippen LogP) is 0.439. The van der Waals surface area contributed by atoms with Crippen molar-refractivity contribution in [1.29, 1.82) is 0 Å². The maximum absolute atomic E-state index is 10.7. The Labute approximate surface area is 79.2 Å². The quantitative estimate of drug-likeness (QED) is 0.709. The second-order valence-corrected chi connectivity index (χ2v) is 2.95. The third kappa shape index (κ3) is 1.12. The zero-order valence-electron chi connectivity index (χ0n) is 7.72. The van der Waals surface area contributed by atoms with Gasteiger partial charge in [-0.3, -0.25) is 0 Å². The molecule has 72 valence electrons. The summed E-state index contributed by atoms with van der Waals surface area (Å²) in [5.74, 6) is -1.09. The van der Waals surface area contributed by atoms with Gasteiger partial charge in [0.15, 0.2) is 11.3 Å². The lowest BCUT2D eigenvalue weighted by molar-refractivity contribution is 0.0693. The summed E-state index contributed by atoms with van der Waals surface area (Å²) in [4.78, 5) is 18.6. The Morgan fingerprint density at radius 2 is 2.14 bits per heavy atom. The number of rotatable bonds is 1. The fourth-order valence-corrected chi connectivity index (χ4v) is 1.14. The maximum Gasteiger partial charge on any atom is 0.358 e. The average Bonchev–Trinajstić information content (AvgIpc) is 2.48. The van der Waals surface area contributed by atoms with Crippen LogP contribution in [-0.4, -0.2) is 30.7 Å². The van der Waals surface area contributed by atoms with Crippen LogP contribution >= 0.6 is 0 Å². The molecule has 0 aliphatic carbocycles. The van der Waals surface area contributed by atoms with Crippen molar-refractivity contribution < 1.29 is 9.90 Å². The Balaban J connectivity index is 2.80. The third-order valence-electron chi connectivity index (χ3n) is 1.98. The monoisotopic (exact) mass is 192 g/mol. The lowest BCUT2D eigenvalue weighted by atomic mass is 10.3. The van der Waals surface area contributed by atoms with E-state index in [0.717, 1.165) is 5.69 Å². The molecule has 0 aromatic carbocycles. The largest absolute Gasteiger partial charge is 0.476 e. The van der Waals surface area contributed by atoms with Gasteiger partial charge in [0.25, 0.3) is 0 Å². The Bertz CT molecular complexity index is 517. The van der Waals surface area contributed by atoms with Gasteiger partial charge >= 0.3 is 5.97 Å². The molecule has 0 radical (unpaired) electrons. The molecule has 6 heteroatoms. The van der Waals surface area contributed by atoms with E-state index in [9.17, 15) is 4.79 Å². The van der Waals surface area contributed by atoms with Crippen molar-refractivity contribution in [2.24, 2.45) is 0 Å². The van der Waals surface area contributed by atoms with Crippen molar-refractivity contribution in [1.82, 2.24) is 19.6 Å². The Hall–Kier alpha value is -1.98. The summed E-state index contributed by atoms with van der Waals surface area (Å²) in [5.41, 5.74) is 1.67. The lowest BCUT2D eigenvalue weighted by Crippen LogP contribution is -2.03.